The summed E-state index contributed by atoms with van der Waals surface area (Å²) < 4.78 is 52.9. The van der Waals surface area contributed by atoms with Crippen molar-refractivity contribution in [3.8, 4) is 0 Å². The van der Waals surface area contributed by atoms with Crippen LogP contribution < -0.4 is 10.5 Å². The van der Waals surface area contributed by atoms with Crippen molar-refractivity contribution in [2.75, 3.05) is 5.73 Å². The normalized spacial score (nSPS) is 17.4. The van der Waals surface area contributed by atoms with E-state index in [0.717, 1.165) is 25.3 Å². The molecule has 0 heterocycles. The van der Waals surface area contributed by atoms with Crippen LogP contribution in [0.5, 0.6) is 0 Å². The molecule has 1 aromatic rings. The molecule has 0 amide bonds. The summed E-state index contributed by atoms with van der Waals surface area (Å²) in [5.74, 6) is -1.57. The minimum atomic E-state index is -4.02. The Kier molecular flexibility index (Phi) is 3.78. The summed E-state index contributed by atoms with van der Waals surface area (Å²) in [7, 11) is -4.02. The maximum Gasteiger partial charge on any atom is 0.243 e. The van der Waals surface area contributed by atoms with Gasteiger partial charge in [0.1, 0.15) is 16.5 Å². The molecule has 0 aromatic heterocycles. The van der Waals surface area contributed by atoms with E-state index in [0.29, 0.717) is 12.0 Å². The number of rotatable bonds is 5. The van der Waals surface area contributed by atoms with Gasteiger partial charge in [-0.25, -0.2) is 21.9 Å². The molecular formula is C12H16F2N2O2S. The van der Waals surface area contributed by atoms with Crippen molar-refractivity contribution < 1.29 is 17.2 Å². The third-order valence-corrected chi connectivity index (χ3v) is 4.69. The van der Waals surface area contributed by atoms with Crippen molar-refractivity contribution >= 4 is 15.7 Å². The number of nitrogens with two attached hydrogens (primary N) is 1. The Bertz CT molecular complexity index is 586. The van der Waals surface area contributed by atoms with Crippen LogP contribution in [0.2, 0.25) is 0 Å². The molecule has 1 saturated carbocycles. The van der Waals surface area contributed by atoms with Crippen molar-refractivity contribution in [1.29, 1.82) is 0 Å². The number of sulfonamides is 1. The predicted molar refractivity (Wildman–Crippen MR) is 67.9 cm³/mol. The van der Waals surface area contributed by atoms with Gasteiger partial charge in [-0.2, -0.15) is 0 Å². The standard InChI is InChI=1S/C12H16F2N2O2S/c1-7(4-8-2-3-8)16-19(17,18)12-6-11(15)9(13)5-10(12)14/h5-8,16H,2-4,15H2,1H3. The van der Waals surface area contributed by atoms with Gasteiger partial charge in [0.2, 0.25) is 10.0 Å². The lowest BCUT2D eigenvalue weighted by Gasteiger charge is -2.14. The van der Waals surface area contributed by atoms with Crippen molar-refractivity contribution in [1.82, 2.24) is 4.72 Å². The Morgan fingerprint density at radius 1 is 1.37 bits per heavy atom. The Morgan fingerprint density at radius 2 is 2.00 bits per heavy atom. The van der Waals surface area contributed by atoms with E-state index >= 15 is 0 Å². The largest absolute Gasteiger partial charge is 0.396 e. The number of hydrogen-bond acceptors (Lipinski definition) is 3. The van der Waals surface area contributed by atoms with E-state index in [1.807, 2.05) is 0 Å². The minimum Gasteiger partial charge on any atom is -0.396 e. The number of nitrogen functional groups attached to an aromatic ring is 1. The molecule has 2 rings (SSSR count). The van der Waals surface area contributed by atoms with Gasteiger partial charge in [0.05, 0.1) is 5.69 Å². The second kappa shape index (κ2) is 5.05. The molecule has 4 nitrogen and oxygen atoms in total. The maximum absolute atomic E-state index is 13.5. The summed E-state index contributed by atoms with van der Waals surface area (Å²) in [5.41, 5.74) is 4.88. The van der Waals surface area contributed by atoms with Crippen LogP contribution in [0.1, 0.15) is 26.2 Å². The van der Waals surface area contributed by atoms with Crippen molar-refractivity contribution in [3.05, 3.63) is 23.8 Å². The Labute approximate surface area is 111 Å². The SMILES string of the molecule is CC(CC1CC1)NS(=O)(=O)c1cc(N)c(F)cc1F. The number of nitrogens with one attached hydrogen (secondary N) is 1. The van der Waals surface area contributed by atoms with E-state index in [1.54, 1.807) is 6.92 Å². The fourth-order valence-corrected chi connectivity index (χ4v) is 3.33. The van der Waals surface area contributed by atoms with Crippen LogP contribution in [0, 0.1) is 17.6 Å². The topological polar surface area (TPSA) is 72.2 Å². The summed E-state index contributed by atoms with van der Waals surface area (Å²) in [5, 5.41) is 0. The van der Waals surface area contributed by atoms with Crippen LogP contribution >= 0.6 is 0 Å². The van der Waals surface area contributed by atoms with Crippen molar-refractivity contribution in [3.63, 3.8) is 0 Å². The van der Waals surface area contributed by atoms with E-state index in [-0.39, 0.29) is 6.04 Å². The first kappa shape index (κ1) is 14.2. The van der Waals surface area contributed by atoms with Crippen LogP contribution in [0.4, 0.5) is 14.5 Å². The molecular weight excluding hydrogens is 274 g/mol. The summed E-state index contributed by atoms with van der Waals surface area (Å²) in [6.45, 7) is 1.72. The first-order valence-corrected chi connectivity index (χ1v) is 7.55. The molecule has 7 heteroatoms. The zero-order valence-electron chi connectivity index (χ0n) is 10.5. The summed E-state index contributed by atoms with van der Waals surface area (Å²) in [6.07, 6.45) is 2.92. The molecule has 0 radical (unpaired) electrons. The minimum absolute atomic E-state index is 0.289. The van der Waals surface area contributed by atoms with E-state index < -0.39 is 32.2 Å². The maximum atomic E-state index is 13.5. The fraction of sp³-hybridized carbons (Fsp3) is 0.500. The highest BCUT2D eigenvalue weighted by Gasteiger charge is 2.27. The third kappa shape index (κ3) is 3.42. The average molecular weight is 290 g/mol. The molecule has 1 fully saturated rings. The Morgan fingerprint density at radius 3 is 2.58 bits per heavy atom. The van der Waals surface area contributed by atoms with Gasteiger partial charge in [-0.1, -0.05) is 12.8 Å². The van der Waals surface area contributed by atoms with Gasteiger partial charge in [-0.3, -0.25) is 0 Å². The lowest BCUT2D eigenvalue weighted by molar-refractivity contribution is 0.517. The molecule has 0 saturated heterocycles. The van der Waals surface area contributed by atoms with Crippen LogP contribution in [0.15, 0.2) is 17.0 Å². The van der Waals surface area contributed by atoms with Gasteiger partial charge in [-0.05, 0) is 25.3 Å². The lowest BCUT2D eigenvalue weighted by Crippen LogP contribution is -2.33. The molecule has 1 unspecified atom stereocenters. The van der Waals surface area contributed by atoms with Gasteiger partial charge in [0.15, 0.2) is 0 Å². The van der Waals surface area contributed by atoms with Crippen LogP contribution in [-0.2, 0) is 10.0 Å². The fourth-order valence-electron chi connectivity index (χ4n) is 1.98. The van der Waals surface area contributed by atoms with E-state index in [9.17, 15) is 17.2 Å². The molecule has 1 atom stereocenters. The van der Waals surface area contributed by atoms with Gasteiger partial charge >= 0.3 is 0 Å². The molecule has 0 bridgehead atoms. The third-order valence-electron chi connectivity index (χ3n) is 3.08. The number of anilines is 1. The zero-order valence-corrected chi connectivity index (χ0v) is 11.3. The average Bonchev–Trinajstić information content (AvgIpc) is 3.05. The van der Waals surface area contributed by atoms with Crippen LogP contribution in [0.3, 0.4) is 0 Å². The number of halogens is 2. The van der Waals surface area contributed by atoms with E-state index in [1.165, 1.54) is 0 Å². The van der Waals surface area contributed by atoms with Crippen molar-refractivity contribution in [2.45, 2.75) is 37.1 Å². The number of hydrogen-bond donors (Lipinski definition) is 2. The highest BCUT2D eigenvalue weighted by Crippen LogP contribution is 2.33. The zero-order chi connectivity index (χ0) is 14.2. The van der Waals surface area contributed by atoms with Crippen LogP contribution in [-0.4, -0.2) is 14.5 Å². The van der Waals surface area contributed by atoms with Crippen molar-refractivity contribution in [2.24, 2.45) is 5.92 Å². The molecule has 1 aliphatic carbocycles. The highest BCUT2D eigenvalue weighted by molar-refractivity contribution is 7.89. The molecule has 1 aliphatic rings. The second-order valence-electron chi connectivity index (χ2n) is 5.01. The van der Waals surface area contributed by atoms with Gasteiger partial charge in [0, 0.05) is 12.1 Å². The van der Waals surface area contributed by atoms with E-state index in [2.05, 4.69) is 4.72 Å². The molecule has 0 aliphatic heterocycles. The smallest absolute Gasteiger partial charge is 0.243 e. The number of benzene rings is 1. The predicted octanol–water partition coefficient (Wildman–Crippen LogP) is 2.01. The molecule has 0 spiro atoms. The second-order valence-corrected chi connectivity index (χ2v) is 6.69. The molecule has 3 N–H and O–H groups in total. The first-order valence-electron chi connectivity index (χ1n) is 6.06. The van der Waals surface area contributed by atoms with Gasteiger partial charge in [-0.15, -0.1) is 0 Å². The molecule has 19 heavy (non-hydrogen) atoms. The first-order chi connectivity index (χ1) is 8.79. The Balaban J connectivity index is 2.20. The summed E-state index contributed by atoms with van der Waals surface area (Å²) in [4.78, 5) is -0.617. The molecule has 1 aromatic carbocycles. The highest BCUT2D eigenvalue weighted by atomic mass is 32.2. The summed E-state index contributed by atoms with van der Waals surface area (Å²) in [6, 6.07) is 0.995. The lowest BCUT2D eigenvalue weighted by atomic mass is 10.2. The van der Waals surface area contributed by atoms with Gasteiger partial charge < -0.3 is 5.73 Å². The monoisotopic (exact) mass is 290 g/mol. The van der Waals surface area contributed by atoms with E-state index in [4.69, 9.17) is 5.73 Å². The summed E-state index contributed by atoms with van der Waals surface area (Å²) >= 11 is 0. The van der Waals surface area contributed by atoms with Crippen LogP contribution in [0.25, 0.3) is 0 Å². The molecule has 106 valence electrons. The quantitative estimate of drug-likeness (QED) is 0.815. The van der Waals surface area contributed by atoms with Gasteiger partial charge in [0.25, 0.3) is 0 Å². The Hall–Kier alpha value is -1.21.